The molecule has 134 valence electrons. The molecule has 1 atom stereocenters. The van der Waals surface area contributed by atoms with Crippen LogP contribution >= 0.6 is 0 Å². The monoisotopic (exact) mass is 335 g/mol. The molecule has 1 unspecified atom stereocenters. The molecule has 0 bridgehead atoms. The van der Waals surface area contributed by atoms with Crippen LogP contribution in [0.2, 0.25) is 0 Å². The summed E-state index contributed by atoms with van der Waals surface area (Å²) < 4.78 is 16.3. The van der Waals surface area contributed by atoms with Crippen molar-refractivity contribution >= 4 is 5.96 Å². The highest BCUT2D eigenvalue weighted by atomic mass is 16.5. The third-order valence-electron chi connectivity index (χ3n) is 4.00. The van der Waals surface area contributed by atoms with Gasteiger partial charge in [-0.2, -0.15) is 0 Å². The lowest BCUT2D eigenvalue weighted by atomic mass is 10.1. The van der Waals surface area contributed by atoms with Gasteiger partial charge in [-0.25, -0.2) is 0 Å². The van der Waals surface area contributed by atoms with Crippen molar-refractivity contribution < 1.29 is 14.2 Å². The Hall–Kier alpha value is -1.79. The number of methoxy groups -OCH3 is 1. The largest absolute Gasteiger partial charge is 0.496 e. The van der Waals surface area contributed by atoms with Crippen molar-refractivity contribution in [1.82, 2.24) is 10.6 Å². The van der Waals surface area contributed by atoms with E-state index in [9.17, 15) is 0 Å². The molecule has 6 nitrogen and oxygen atoms in total. The third kappa shape index (κ3) is 6.02. The van der Waals surface area contributed by atoms with E-state index in [2.05, 4.69) is 27.8 Å². The predicted molar refractivity (Wildman–Crippen MR) is 95.7 cm³/mol. The normalized spacial score (nSPS) is 17.8. The summed E-state index contributed by atoms with van der Waals surface area (Å²) in [5.74, 6) is 1.71. The minimum Gasteiger partial charge on any atom is -0.496 e. The van der Waals surface area contributed by atoms with E-state index in [-0.39, 0.29) is 6.10 Å². The van der Waals surface area contributed by atoms with Crippen molar-refractivity contribution in [2.75, 3.05) is 40.5 Å². The number of hydrogen-bond donors (Lipinski definition) is 2. The van der Waals surface area contributed by atoms with Gasteiger partial charge in [0.1, 0.15) is 5.75 Å². The SMILES string of the molecule is CN=C(NCCCOC1CCOC1)NCc1ccc(OC)c(C)c1. The smallest absolute Gasteiger partial charge is 0.191 e. The Kier molecular flexibility index (Phi) is 7.85. The Morgan fingerprint density at radius 2 is 2.25 bits per heavy atom. The van der Waals surface area contributed by atoms with Crippen molar-refractivity contribution in [3.8, 4) is 5.75 Å². The van der Waals surface area contributed by atoms with E-state index in [0.717, 1.165) is 63.0 Å². The number of benzene rings is 1. The second-order valence-electron chi connectivity index (χ2n) is 5.87. The third-order valence-corrected chi connectivity index (χ3v) is 4.00. The van der Waals surface area contributed by atoms with Gasteiger partial charge in [-0.1, -0.05) is 12.1 Å². The van der Waals surface area contributed by atoms with Crippen molar-refractivity contribution in [1.29, 1.82) is 0 Å². The zero-order valence-electron chi connectivity index (χ0n) is 14.9. The Balaban J connectivity index is 1.64. The summed E-state index contributed by atoms with van der Waals surface area (Å²) in [5.41, 5.74) is 2.33. The number of nitrogens with zero attached hydrogens (tertiary/aromatic N) is 1. The van der Waals surface area contributed by atoms with Gasteiger partial charge in [0.15, 0.2) is 5.96 Å². The van der Waals surface area contributed by atoms with E-state index in [1.165, 1.54) is 5.56 Å². The first-order valence-corrected chi connectivity index (χ1v) is 8.50. The Bertz CT molecular complexity index is 528. The number of rotatable bonds is 8. The number of nitrogens with one attached hydrogen (secondary N) is 2. The summed E-state index contributed by atoms with van der Waals surface area (Å²) >= 11 is 0. The van der Waals surface area contributed by atoms with Crippen LogP contribution in [-0.2, 0) is 16.0 Å². The van der Waals surface area contributed by atoms with Crippen LogP contribution in [0.1, 0.15) is 24.0 Å². The van der Waals surface area contributed by atoms with Gasteiger partial charge in [0.25, 0.3) is 0 Å². The molecule has 1 saturated heterocycles. The topological polar surface area (TPSA) is 64.1 Å². The van der Waals surface area contributed by atoms with E-state index in [1.54, 1.807) is 14.2 Å². The van der Waals surface area contributed by atoms with Crippen LogP contribution in [0, 0.1) is 6.92 Å². The number of ether oxygens (including phenoxy) is 3. The lowest BCUT2D eigenvalue weighted by molar-refractivity contribution is 0.0420. The molecule has 0 amide bonds. The highest BCUT2D eigenvalue weighted by Gasteiger charge is 2.15. The fraction of sp³-hybridized carbons (Fsp3) is 0.611. The molecule has 1 aromatic rings. The summed E-state index contributed by atoms with van der Waals surface area (Å²) in [4.78, 5) is 4.24. The molecule has 0 spiro atoms. The fourth-order valence-electron chi connectivity index (χ4n) is 2.63. The van der Waals surface area contributed by atoms with E-state index >= 15 is 0 Å². The molecule has 1 aliphatic rings. The highest BCUT2D eigenvalue weighted by Crippen LogP contribution is 2.18. The molecule has 1 heterocycles. The summed E-state index contributed by atoms with van der Waals surface area (Å²) in [6, 6.07) is 6.17. The van der Waals surface area contributed by atoms with Crippen LogP contribution in [0.3, 0.4) is 0 Å². The van der Waals surface area contributed by atoms with Crippen molar-refractivity contribution in [2.24, 2.45) is 4.99 Å². The van der Waals surface area contributed by atoms with Gasteiger partial charge in [-0.3, -0.25) is 4.99 Å². The first kappa shape index (κ1) is 18.5. The van der Waals surface area contributed by atoms with Gasteiger partial charge >= 0.3 is 0 Å². The van der Waals surface area contributed by atoms with Crippen LogP contribution in [0.25, 0.3) is 0 Å². The molecule has 0 saturated carbocycles. The molecular formula is C18H29N3O3. The molecule has 1 aromatic carbocycles. The van der Waals surface area contributed by atoms with Gasteiger partial charge < -0.3 is 24.8 Å². The molecule has 2 rings (SSSR count). The van der Waals surface area contributed by atoms with Crippen LogP contribution in [0.4, 0.5) is 0 Å². The maximum atomic E-state index is 5.75. The number of aliphatic imine (C=N–C) groups is 1. The first-order chi connectivity index (χ1) is 11.7. The van der Waals surface area contributed by atoms with Crippen LogP contribution in [0.5, 0.6) is 5.75 Å². The summed E-state index contributed by atoms with van der Waals surface area (Å²) in [7, 11) is 3.47. The second-order valence-corrected chi connectivity index (χ2v) is 5.87. The van der Waals surface area contributed by atoms with Crippen molar-refractivity contribution in [3.05, 3.63) is 29.3 Å². The lowest BCUT2D eigenvalue weighted by Gasteiger charge is -2.14. The zero-order valence-corrected chi connectivity index (χ0v) is 14.9. The maximum absolute atomic E-state index is 5.75. The van der Waals surface area contributed by atoms with Gasteiger partial charge in [-0.15, -0.1) is 0 Å². The summed E-state index contributed by atoms with van der Waals surface area (Å²) in [6.07, 6.45) is 2.23. The van der Waals surface area contributed by atoms with Crippen molar-refractivity contribution in [3.63, 3.8) is 0 Å². The summed E-state index contributed by atoms with van der Waals surface area (Å²) in [6.45, 7) is 5.90. The Labute approximate surface area is 144 Å². The quantitative estimate of drug-likeness (QED) is 0.431. The van der Waals surface area contributed by atoms with E-state index < -0.39 is 0 Å². The average Bonchev–Trinajstić information content (AvgIpc) is 3.11. The Morgan fingerprint density at radius 3 is 2.92 bits per heavy atom. The van der Waals surface area contributed by atoms with Gasteiger partial charge in [0, 0.05) is 33.4 Å². The number of guanidine groups is 1. The van der Waals surface area contributed by atoms with E-state index in [4.69, 9.17) is 14.2 Å². The standard InChI is InChI=1S/C18H29N3O3/c1-14-11-15(5-6-17(14)22-3)12-21-18(19-2)20-8-4-9-24-16-7-10-23-13-16/h5-6,11,16H,4,7-10,12-13H2,1-3H3,(H2,19,20,21). The summed E-state index contributed by atoms with van der Waals surface area (Å²) in [5, 5.41) is 6.62. The van der Waals surface area contributed by atoms with Crippen LogP contribution < -0.4 is 15.4 Å². The van der Waals surface area contributed by atoms with E-state index in [1.807, 2.05) is 13.0 Å². The molecule has 1 fully saturated rings. The first-order valence-electron chi connectivity index (χ1n) is 8.50. The molecule has 0 aromatic heterocycles. The molecule has 6 heteroatoms. The van der Waals surface area contributed by atoms with Gasteiger partial charge in [-0.05, 0) is 37.0 Å². The Morgan fingerprint density at radius 1 is 1.38 bits per heavy atom. The van der Waals surface area contributed by atoms with Gasteiger partial charge in [0.05, 0.1) is 19.8 Å². The van der Waals surface area contributed by atoms with E-state index in [0.29, 0.717) is 0 Å². The molecule has 2 N–H and O–H groups in total. The minimum atomic E-state index is 0.278. The molecule has 0 radical (unpaired) electrons. The molecule has 24 heavy (non-hydrogen) atoms. The predicted octanol–water partition coefficient (Wildman–Crippen LogP) is 1.86. The molecule has 0 aliphatic carbocycles. The van der Waals surface area contributed by atoms with Crippen LogP contribution in [0.15, 0.2) is 23.2 Å². The van der Waals surface area contributed by atoms with Crippen LogP contribution in [-0.4, -0.2) is 52.6 Å². The number of hydrogen-bond acceptors (Lipinski definition) is 4. The minimum absolute atomic E-state index is 0.278. The molecule has 1 aliphatic heterocycles. The maximum Gasteiger partial charge on any atom is 0.191 e. The fourth-order valence-corrected chi connectivity index (χ4v) is 2.63. The second kappa shape index (κ2) is 10.2. The van der Waals surface area contributed by atoms with Gasteiger partial charge in [0.2, 0.25) is 0 Å². The van der Waals surface area contributed by atoms with Crippen molar-refractivity contribution in [2.45, 2.75) is 32.4 Å². The lowest BCUT2D eigenvalue weighted by Crippen LogP contribution is -2.37. The zero-order chi connectivity index (χ0) is 17.2. The highest BCUT2D eigenvalue weighted by molar-refractivity contribution is 5.79. The average molecular weight is 335 g/mol. The molecular weight excluding hydrogens is 306 g/mol. The number of aryl methyl sites for hydroxylation is 1.